The highest BCUT2D eigenvalue weighted by atomic mass is 35.5. The monoisotopic (exact) mass is 352 g/mol. The Morgan fingerprint density at radius 2 is 1.78 bits per heavy atom. The van der Waals surface area contributed by atoms with Crippen LogP contribution in [0.4, 0.5) is 5.69 Å². The van der Waals surface area contributed by atoms with Crippen molar-refractivity contribution in [1.82, 2.24) is 4.72 Å². The number of halogens is 1. The first-order valence-corrected chi connectivity index (χ1v) is 8.72. The molecule has 0 saturated heterocycles. The molecule has 0 atom stereocenters. The van der Waals surface area contributed by atoms with Crippen LogP contribution >= 0.6 is 11.6 Å². The first kappa shape index (κ1) is 17.5. The minimum atomic E-state index is -3.65. The molecule has 7 heteroatoms. The minimum absolute atomic E-state index is 0.0180. The van der Waals surface area contributed by atoms with Crippen LogP contribution in [0.2, 0.25) is 5.02 Å². The maximum absolute atomic E-state index is 12.5. The number of hydrogen-bond acceptors (Lipinski definition) is 3. The van der Waals surface area contributed by atoms with Crippen molar-refractivity contribution in [3.8, 4) is 0 Å². The van der Waals surface area contributed by atoms with Gasteiger partial charge < -0.3 is 5.32 Å². The topological polar surface area (TPSA) is 75.3 Å². The standard InChI is InChI=1S/C16H17ClN2O3S/c1-10-4-5-11(2)15(8-10)19-16(20)13-9-12(6-7-14(13)17)23(21,22)18-3/h4-9,18H,1-3H3,(H,19,20). The molecule has 0 aliphatic heterocycles. The summed E-state index contributed by atoms with van der Waals surface area (Å²) < 4.78 is 25.9. The average Bonchev–Trinajstić information content (AvgIpc) is 2.51. The van der Waals surface area contributed by atoms with Crippen molar-refractivity contribution in [2.24, 2.45) is 0 Å². The maximum atomic E-state index is 12.5. The molecular formula is C16H17ClN2O3S. The number of rotatable bonds is 4. The lowest BCUT2D eigenvalue weighted by atomic mass is 10.1. The number of anilines is 1. The lowest BCUT2D eigenvalue weighted by Crippen LogP contribution is -2.20. The zero-order valence-electron chi connectivity index (χ0n) is 13.0. The molecule has 2 rings (SSSR count). The van der Waals surface area contributed by atoms with Gasteiger partial charge >= 0.3 is 0 Å². The van der Waals surface area contributed by atoms with Crippen LogP contribution in [0.15, 0.2) is 41.3 Å². The zero-order chi connectivity index (χ0) is 17.2. The van der Waals surface area contributed by atoms with Crippen LogP contribution in [0, 0.1) is 13.8 Å². The fourth-order valence-electron chi connectivity index (χ4n) is 2.02. The Labute approximate surface area is 140 Å². The van der Waals surface area contributed by atoms with Crippen molar-refractivity contribution in [1.29, 1.82) is 0 Å². The number of benzene rings is 2. The van der Waals surface area contributed by atoms with Gasteiger partial charge in [0.25, 0.3) is 5.91 Å². The molecule has 0 unspecified atom stereocenters. The first-order chi connectivity index (χ1) is 10.7. The van der Waals surface area contributed by atoms with Gasteiger partial charge in [0.15, 0.2) is 0 Å². The number of hydrogen-bond donors (Lipinski definition) is 2. The van der Waals surface area contributed by atoms with E-state index in [0.29, 0.717) is 5.69 Å². The zero-order valence-corrected chi connectivity index (χ0v) is 14.5. The summed E-state index contributed by atoms with van der Waals surface area (Å²) in [6.45, 7) is 3.79. The number of amides is 1. The van der Waals surface area contributed by atoms with Crippen molar-refractivity contribution in [2.45, 2.75) is 18.7 Å². The van der Waals surface area contributed by atoms with E-state index in [1.54, 1.807) is 0 Å². The van der Waals surface area contributed by atoms with E-state index in [0.717, 1.165) is 11.1 Å². The molecule has 0 heterocycles. The summed E-state index contributed by atoms with van der Waals surface area (Å²) in [6.07, 6.45) is 0. The molecule has 0 aliphatic rings. The van der Waals surface area contributed by atoms with E-state index in [2.05, 4.69) is 10.0 Å². The van der Waals surface area contributed by atoms with Crippen LogP contribution in [0.1, 0.15) is 21.5 Å². The SMILES string of the molecule is CNS(=O)(=O)c1ccc(Cl)c(C(=O)Nc2cc(C)ccc2C)c1. The molecule has 2 N–H and O–H groups in total. The summed E-state index contributed by atoms with van der Waals surface area (Å²) >= 11 is 6.05. The number of sulfonamides is 1. The number of carbonyl (C=O) groups excluding carboxylic acids is 1. The predicted molar refractivity (Wildman–Crippen MR) is 91.6 cm³/mol. The van der Waals surface area contributed by atoms with Gasteiger partial charge in [0.2, 0.25) is 10.0 Å². The van der Waals surface area contributed by atoms with Crippen LogP contribution in [-0.4, -0.2) is 21.4 Å². The van der Waals surface area contributed by atoms with Gasteiger partial charge in [-0.3, -0.25) is 4.79 Å². The Hall–Kier alpha value is -1.89. The van der Waals surface area contributed by atoms with Crippen LogP contribution < -0.4 is 10.0 Å². The lowest BCUT2D eigenvalue weighted by molar-refractivity contribution is 0.102. The summed E-state index contributed by atoms with van der Waals surface area (Å²) in [5.41, 5.74) is 2.67. The van der Waals surface area contributed by atoms with E-state index in [-0.39, 0.29) is 15.5 Å². The van der Waals surface area contributed by atoms with Crippen molar-refractivity contribution in [3.05, 3.63) is 58.1 Å². The van der Waals surface area contributed by atoms with Gasteiger partial charge in [-0.15, -0.1) is 0 Å². The highest BCUT2D eigenvalue weighted by Gasteiger charge is 2.18. The molecule has 0 saturated carbocycles. The summed E-state index contributed by atoms with van der Waals surface area (Å²) in [5, 5.41) is 2.95. The van der Waals surface area contributed by atoms with Crippen LogP contribution in [0.25, 0.3) is 0 Å². The number of nitrogens with one attached hydrogen (secondary N) is 2. The summed E-state index contributed by atoms with van der Waals surface area (Å²) in [5.74, 6) is -0.461. The van der Waals surface area contributed by atoms with E-state index in [1.807, 2.05) is 32.0 Å². The van der Waals surface area contributed by atoms with Gasteiger partial charge in [-0.25, -0.2) is 13.1 Å². The number of carbonyl (C=O) groups is 1. The van der Waals surface area contributed by atoms with Crippen molar-refractivity contribution in [2.75, 3.05) is 12.4 Å². The van der Waals surface area contributed by atoms with E-state index in [9.17, 15) is 13.2 Å². The molecule has 0 aliphatic carbocycles. The number of aryl methyl sites for hydroxylation is 2. The fraction of sp³-hybridized carbons (Fsp3) is 0.188. The predicted octanol–water partition coefficient (Wildman–Crippen LogP) is 3.12. The molecule has 0 radical (unpaired) electrons. The van der Waals surface area contributed by atoms with Crippen molar-refractivity contribution in [3.63, 3.8) is 0 Å². The van der Waals surface area contributed by atoms with Crippen LogP contribution in [0.3, 0.4) is 0 Å². The van der Waals surface area contributed by atoms with E-state index >= 15 is 0 Å². The van der Waals surface area contributed by atoms with Gasteiger partial charge in [-0.2, -0.15) is 0 Å². The second kappa shape index (κ2) is 6.70. The van der Waals surface area contributed by atoms with Crippen LogP contribution in [0.5, 0.6) is 0 Å². The van der Waals surface area contributed by atoms with Gasteiger partial charge in [0, 0.05) is 5.69 Å². The molecule has 2 aromatic carbocycles. The van der Waals surface area contributed by atoms with Gasteiger partial charge in [0.05, 0.1) is 15.5 Å². The molecule has 0 bridgehead atoms. The summed E-state index contributed by atoms with van der Waals surface area (Å²) in [4.78, 5) is 12.4. The Morgan fingerprint density at radius 3 is 2.43 bits per heavy atom. The third kappa shape index (κ3) is 3.90. The molecule has 1 amide bonds. The quantitative estimate of drug-likeness (QED) is 0.887. The second-order valence-corrected chi connectivity index (χ2v) is 7.42. The van der Waals surface area contributed by atoms with Gasteiger partial charge in [0.1, 0.15) is 0 Å². The third-order valence-corrected chi connectivity index (χ3v) is 5.14. The second-order valence-electron chi connectivity index (χ2n) is 5.12. The largest absolute Gasteiger partial charge is 0.322 e. The van der Waals surface area contributed by atoms with Crippen molar-refractivity contribution < 1.29 is 13.2 Å². The normalized spacial score (nSPS) is 11.3. The third-order valence-electron chi connectivity index (χ3n) is 3.40. The van der Waals surface area contributed by atoms with Gasteiger partial charge in [-0.1, -0.05) is 23.7 Å². The highest BCUT2D eigenvalue weighted by Crippen LogP contribution is 2.23. The first-order valence-electron chi connectivity index (χ1n) is 6.86. The molecule has 2 aromatic rings. The summed E-state index contributed by atoms with van der Waals surface area (Å²) in [6, 6.07) is 9.68. The Balaban J connectivity index is 2.39. The highest BCUT2D eigenvalue weighted by molar-refractivity contribution is 7.89. The van der Waals surface area contributed by atoms with Gasteiger partial charge in [-0.05, 0) is 56.3 Å². The molecule has 23 heavy (non-hydrogen) atoms. The van der Waals surface area contributed by atoms with E-state index < -0.39 is 15.9 Å². The molecule has 5 nitrogen and oxygen atoms in total. The summed E-state index contributed by atoms with van der Waals surface area (Å²) in [7, 11) is -2.34. The fourth-order valence-corrected chi connectivity index (χ4v) is 2.98. The van der Waals surface area contributed by atoms with E-state index in [4.69, 9.17) is 11.6 Å². The minimum Gasteiger partial charge on any atom is -0.322 e. The maximum Gasteiger partial charge on any atom is 0.257 e. The lowest BCUT2D eigenvalue weighted by Gasteiger charge is -2.11. The molecular weight excluding hydrogens is 336 g/mol. The molecule has 0 fully saturated rings. The Bertz CT molecular complexity index is 864. The smallest absolute Gasteiger partial charge is 0.257 e. The van der Waals surface area contributed by atoms with Crippen LogP contribution in [-0.2, 0) is 10.0 Å². The Kier molecular flexibility index (Phi) is 5.09. The van der Waals surface area contributed by atoms with E-state index in [1.165, 1.54) is 25.2 Å². The molecule has 0 spiro atoms. The Morgan fingerprint density at radius 1 is 1.09 bits per heavy atom. The molecule has 122 valence electrons. The van der Waals surface area contributed by atoms with Crippen molar-refractivity contribution >= 4 is 33.2 Å². The molecule has 0 aromatic heterocycles. The average molecular weight is 353 g/mol.